The first-order chi connectivity index (χ1) is 12.7. The second kappa shape index (κ2) is 8.58. The Labute approximate surface area is 159 Å². The van der Waals surface area contributed by atoms with Crippen LogP contribution < -0.4 is 14.8 Å². The van der Waals surface area contributed by atoms with Crippen LogP contribution in [0.5, 0.6) is 11.5 Å². The number of amides is 1. The highest BCUT2D eigenvalue weighted by Crippen LogP contribution is 2.28. The molecule has 0 saturated heterocycles. The van der Waals surface area contributed by atoms with E-state index in [-0.39, 0.29) is 13.0 Å². The molecule has 1 unspecified atom stereocenters. The smallest absolute Gasteiger partial charge is 0.306 e. The van der Waals surface area contributed by atoms with E-state index in [0.29, 0.717) is 17.1 Å². The lowest BCUT2D eigenvalue weighted by atomic mass is 9.88. The minimum absolute atomic E-state index is 0.204. The summed E-state index contributed by atoms with van der Waals surface area (Å²) in [5.41, 5.74) is 1.42. The summed E-state index contributed by atoms with van der Waals surface area (Å²) in [4.78, 5) is 23.9. The Balaban J connectivity index is 2.17. The lowest BCUT2D eigenvalue weighted by Crippen LogP contribution is -2.46. The summed E-state index contributed by atoms with van der Waals surface area (Å²) >= 11 is 0. The summed E-state index contributed by atoms with van der Waals surface area (Å²) in [7, 11) is 1.53. The Kier molecular flexibility index (Phi) is 6.45. The lowest BCUT2D eigenvalue weighted by molar-refractivity contribution is -0.139. The van der Waals surface area contributed by atoms with Crippen LogP contribution in [0.1, 0.15) is 30.0 Å². The molecule has 2 aromatic rings. The van der Waals surface area contributed by atoms with E-state index in [0.717, 1.165) is 11.1 Å². The fourth-order valence-electron chi connectivity index (χ4n) is 3.00. The van der Waals surface area contributed by atoms with Crippen molar-refractivity contribution in [3.63, 3.8) is 0 Å². The molecule has 27 heavy (non-hydrogen) atoms. The fourth-order valence-corrected chi connectivity index (χ4v) is 3.00. The summed E-state index contributed by atoms with van der Waals surface area (Å²) in [5.74, 6) is -0.167. The molecule has 0 fully saturated rings. The predicted molar refractivity (Wildman–Crippen MR) is 102 cm³/mol. The number of hydrogen-bond acceptors (Lipinski definition) is 4. The summed E-state index contributed by atoms with van der Waals surface area (Å²) < 4.78 is 10.9. The minimum Gasteiger partial charge on any atom is -0.497 e. The van der Waals surface area contributed by atoms with Gasteiger partial charge in [-0.15, -0.1) is 0 Å². The second-order valence-corrected chi connectivity index (χ2v) is 6.69. The predicted octanol–water partition coefficient (Wildman–Crippen LogP) is 3.20. The zero-order valence-electron chi connectivity index (χ0n) is 16.0. The zero-order chi connectivity index (χ0) is 20.0. The van der Waals surface area contributed by atoms with Gasteiger partial charge in [0.15, 0.2) is 6.61 Å². The molecule has 0 aromatic heterocycles. The molecule has 0 saturated carbocycles. The third-order valence-corrected chi connectivity index (χ3v) is 4.38. The monoisotopic (exact) mass is 371 g/mol. The van der Waals surface area contributed by atoms with Gasteiger partial charge in [-0.25, -0.2) is 0 Å². The Morgan fingerprint density at radius 3 is 2.33 bits per heavy atom. The minimum atomic E-state index is -1.10. The SMILES string of the molecule is COc1cccc(C(C)(CC(=O)O)NC(=O)COc2c(C)cccc2C)c1. The quantitative estimate of drug-likeness (QED) is 0.744. The van der Waals surface area contributed by atoms with Gasteiger partial charge in [-0.1, -0.05) is 30.3 Å². The normalized spacial score (nSPS) is 12.7. The number of rotatable bonds is 8. The van der Waals surface area contributed by atoms with Gasteiger partial charge in [0, 0.05) is 0 Å². The molecule has 6 heteroatoms. The number of benzene rings is 2. The molecule has 2 N–H and O–H groups in total. The number of hydrogen-bond donors (Lipinski definition) is 2. The van der Waals surface area contributed by atoms with Crippen molar-refractivity contribution in [3.05, 3.63) is 59.2 Å². The first-order valence-electron chi connectivity index (χ1n) is 8.61. The van der Waals surface area contributed by atoms with Crippen LogP contribution in [0.15, 0.2) is 42.5 Å². The summed E-state index contributed by atoms with van der Waals surface area (Å²) in [6.45, 7) is 5.29. The van der Waals surface area contributed by atoms with Crippen LogP contribution in [0, 0.1) is 13.8 Å². The van der Waals surface area contributed by atoms with Crippen molar-refractivity contribution in [2.45, 2.75) is 32.7 Å². The molecule has 0 aliphatic rings. The van der Waals surface area contributed by atoms with Crippen LogP contribution in [-0.4, -0.2) is 30.7 Å². The number of carboxylic acids is 1. The lowest BCUT2D eigenvalue weighted by Gasteiger charge is -2.30. The van der Waals surface area contributed by atoms with Gasteiger partial charge >= 0.3 is 5.97 Å². The van der Waals surface area contributed by atoms with Gasteiger partial charge in [-0.2, -0.15) is 0 Å². The van der Waals surface area contributed by atoms with Crippen LogP contribution >= 0.6 is 0 Å². The van der Waals surface area contributed by atoms with Crippen LogP contribution in [0.25, 0.3) is 0 Å². The number of ether oxygens (including phenoxy) is 2. The van der Waals surface area contributed by atoms with E-state index >= 15 is 0 Å². The van der Waals surface area contributed by atoms with E-state index in [4.69, 9.17) is 9.47 Å². The van der Waals surface area contributed by atoms with Crippen molar-refractivity contribution in [2.75, 3.05) is 13.7 Å². The van der Waals surface area contributed by atoms with Gasteiger partial charge in [0.1, 0.15) is 11.5 Å². The average molecular weight is 371 g/mol. The van der Waals surface area contributed by atoms with E-state index < -0.39 is 17.4 Å². The van der Waals surface area contributed by atoms with Crippen molar-refractivity contribution >= 4 is 11.9 Å². The Morgan fingerprint density at radius 2 is 1.74 bits per heavy atom. The number of aryl methyl sites for hydroxylation is 2. The number of nitrogens with one attached hydrogen (secondary N) is 1. The van der Waals surface area contributed by atoms with Gasteiger partial charge in [0.25, 0.3) is 5.91 Å². The highest BCUT2D eigenvalue weighted by atomic mass is 16.5. The maximum atomic E-state index is 12.5. The van der Waals surface area contributed by atoms with Gasteiger partial charge in [-0.05, 0) is 49.6 Å². The van der Waals surface area contributed by atoms with Crippen molar-refractivity contribution in [1.82, 2.24) is 5.32 Å². The number of carbonyl (C=O) groups excluding carboxylic acids is 1. The van der Waals surface area contributed by atoms with E-state index in [1.54, 1.807) is 31.2 Å². The molecule has 0 spiro atoms. The molecule has 0 heterocycles. The summed E-state index contributed by atoms with van der Waals surface area (Å²) in [6.07, 6.45) is -0.269. The third-order valence-electron chi connectivity index (χ3n) is 4.38. The van der Waals surface area contributed by atoms with Crippen molar-refractivity contribution in [3.8, 4) is 11.5 Å². The molecule has 6 nitrogen and oxygen atoms in total. The van der Waals surface area contributed by atoms with Crippen molar-refractivity contribution in [2.24, 2.45) is 0 Å². The molecule has 1 atom stereocenters. The molecule has 0 aliphatic carbocycles. The highest BCUT2D eigenvalue weighted by molar-refractivity contribution is 5.80. The maximum absolute atomic E-state index is 12.5. The van der Waals surface area contributed by atoms with Crippen LogP contribution in [0.4, 0.5) is 0 Å². The largest absolute Gasteiger partial charge is 0.497 e. The number of para-hydroxylation sites is 1. The van der Waals surface area contributed by atoms with E-state index in [1.807, 2.05) is 32.0 Å². The van der Waals surface area contributed by atoms with Crippen molar-refractivity contribution in [1.29, 1.82) is 0 Å². The number of carboxylic acid groups (broad SMARTS) is 1. The topological polar surface area (TPSA) is 84.9 Å². The van der Waals surface area contributed by atoms with Gasteiger partial charge in [0.2, 0.25) is 0 Å². The summed E-state index contributed by atoms with van der Waals surface area (Å²) in [5, 5.41) is 12.1. The van der Waals surface area contributed by atoms with Gasteiger partial charge < -0.3 is 19.9 Å². The highest BCUT2D eigenvalue weighted by Gasteiger charge is 2.32. The van der Waals surface area contributed by atoms with Crippen LogP contribution in [-0.2, 0) is 15.1 Å². The average Bonchev–Trinajstić information content (AvgIpc) is 2.60. The van der Waals surface area contributed by atoms with Crippen LogP contribution in [0.3, 0.4) is 0 Å². The third kappa shape index (κ3) is 5.23. The van der Waals surface area contributed by atoms with Gasteiger partial charge in [0.05, 0.1) is 19.1 Å². The molecule has 0 radical (unpaired) electrons. The first-order valence-corrected chi connectivity index (χ1v) is 8.61. The van der Waals surface area contributed by atoms with E-state index in [1.165, 1.54) is 7.11 Å². The van der Waals surface area contributed by atoms with Crippen LogP contribution in [0.2, 0.25) is 0 Å². The number of methoxy groups -OCH3 is 1. The molecule has 0 bridgehead atoms. The maximum Gasteiger partial charge on any atom is 0.306 e. The number of aliphatic carboxylic acids is 1. The fraction of sp³-hybridized carbons (Fsp3) is 0.333. The number of carbonyl (C=O) groups is 2. The molecular weight excluding hydrogens is 346 g/mol. The molecule has 1 amide bonds. The molecule has 144 valence electrons. The molecular formula is C21H25NO5. The Hall–Kier alpha value is -3.02. The van der Waals surface area contributed by atoms with Gasteiger partial charge in [-0.3, -0.25) is 9.59 Å². The second-order valence-electron chi connectivity index (χ2n) is 6.69. The molecule has 0 aliphatic heterocycles. The molecule has 2 aromatic carbocycles. The molecule has 2 rings (SSSR count). The first kappa shape index (κ1) is 20.3. The zero-order valence-corrected chi connectivity index (χ0v) is 16.0. The summed E-state index contributed by atoms with van der Waals surface area (Å²) in [6, 6.07) is 12.7. The Morgan fingerprint density at radius 1 is 1.11 bits per heavy atom. The van der Waals surface area contributed by atoms with E-state index in [2.05, 4.69) is 5.32 Å². The standard InChI is InChI=1S/C21H25NO5/c1-14-7-5-8-15(2)20(14)27-13-18(23)22-21(3,12-19(24)25)16-9-6-10-17(11-16)26-4/h5-11H,12-13H2,1-4H3,(H,22,23)(H,24,25). The Bertz CT molecular complexity index is 813. The van der Waals surface area contributed by atoms with E-state index in [9.17, 15) is 14.7 Å². The van der Waals surface area contributed by atoms with Crippen molar-refractivity contribution < 1.29 is 24.2 Å².